The molecule has 6 heteroatoms. The van der Waals surface area contributed by atoms with Crippen LogP contribution in [0.25, 0.3) is 10.9 Å². The molecule has 0 N–H and O–H groups in total. The Hall–Kier alpha value is -1.69. The molecule has 1 amide bonds. The summed E-state index contributed by atoms with van der Waals surface area (Å²) in [6.45, 7) is 7.59. The number of carbonyl (C=O) groups excluding carboxylic acids is 1. The second-order valence-corrected chi connectivity index (χ2v) is 8.75. The first kappa shape index (κ1) is 16.2. The predicted octanol–water partition coefficient (Wildman–Crippen LogP) is 2.04. The summed E-state index contributed by atoms with van der Waals surface area (Å²) in [4.78, 5) is 14.6. The third-order valence-corrected chi connectivity index (χ3v) is 6.36. The minimum atomic E-state index is -0.842. The van der Waals surface area contributed by atoms with E-state index in [1.807, 2.05) is 60.8 Å². The Labute approximate surface area is 139 Å². The molecule has 124 valence electrons. The zero-order chi connectivity index (χ0) is 16.6. The van der Waals surface area contributed by atoms with Crippen molar-refractivity contribution in [1.82, 2.24) is 14.7 Å². The van der Waals surface area contributed by atoms with Crippen LogP contribution in [-0.2, 0) is 22.1 Å². The van der Waals surface area contributed by atoms with E-state index in [1.54, 1.807) is 0 Å². The third-order valence-electron chi connectivity index (χ3n) is 4.48. The highest BCUT2D eigenvalue weighted by atomic mass is 32.2. The molecule has 23 heavy (non-hydrogen) atoms. The first-order valence-electron chi connectivity index (χ1n) is 8.06. The predicted molar refractivity (Wildman–Crippen MR) is 92.5 cm³/mol. The molecule has 0 unspecified atom stereocenters. The van der Waals surface area contributed by atoms with Crippen LogP contribution in [0.4, 0.5) is 0 Å². The van der Waals surface area contributed by atoms with Gasteiger partial charge in [-0.25, -0.2) is 0 Å². The van der Waals surface area contributed by atoms with Crippen molar-refractivity contribution in [3.05, 3.63) is 30.5 Å². The Morgan fingerprint density at radius 2 is 1.96 bits per heavy atom. The van der Waals surface area contributed by atoms with Gasteiger partial charge in [-0.1, -0.05) is 25.1 Å². The maximum absolute atomic E-state index is 12.7. The Bertz CT molecular complexity index is 728. The number of amides is 1. The highest BCUT2D eigenvalue weighted by Crippen LogP contribution is 2.19. The fraction of sp³-hybridized carbons (Fsp3) is 0.529. The van der Waals surface area contributed by atoms with E-state index >= 15 is 0 Å². The SMILES string of the molecule is C[C@H](Cn1ncc2ccccc21)C(=O)N1C[C@H](C)S(=O)[C@@H](C)C1. The van der Waals surface area contributed by atoms with E-state index in [4.69, 9.17) is 0 Å². The molecule has 1 saturated heterocycles. The molecule has 1 aromatic carbocycles. The van der Waals surface area contributed by atoms with Crippen molar-refractivity contribution in [2.24, 2.45) is 5.92 Å². The van der Waals surface area contributed by atoms with Crippen molar-refractivity contribution >= 4 is 27.6 Å². The summed E-state index contributed by atoms with van der Waals surface area (Å²) in [5, 5.41) is 5.57. The van der Waals surface area contributed by atoms with Crippen LogP contribution in [0.3, 0.4) is 0 Å². The quantitative estimate of drug-likeness (QED) is 0.864. The lowest BCUT2D eigenvalue weighted by molar-refractivity contribution is -0.135. The van der Waals surface area contributed by atoms with Gasteiger partial charge in [0.15, 0.2) is 0 Å². The molecule has 2 heterocycles. The molecular weight excluding hydrogens is 310 g/mol. The first-order chi connectivity index (χ1) is 11.0. The monoisotopic (exact) mass is 333 g/mol. The van der Waals surface area contributed by atoms with Gasteiger partial charge in [-0.3, -0.25) is 13.7 Å². The van der Waals surface area contributed by atoms with Gasteiger partial charge in [-0.2, -0.15) is 5.10 Å². The number of rotatable bonds is 3. The number of hydrogen-bond acceptors (Lipinski definition) is 3. The average molecular weight is 333 g/mol. The fourth-order valence-corrected chi connectivity index (χ4v) is 4.69. The number of benzene rings is 1. The lowest BCUT2D eigenvalue weighted by Crippen LogP contribution is -2.51. The van der Waals surface area contributed by atoms with Gasteiger partial charge in [0.2, 0.25) is 5.91 Å². The average Bonchev–Trinajstić information content (AvgIpc) is 2.94. The summed E-state index contributed by atoms with van der Waals surface area (Å²) in [7, 11) is -0.842. The molecule has 0 aliphatic carbocycles. The van der Waals surface area contributed by atoms with Crippen molar-refractivity contribution in [1.29, 1.82) is 0 Å². The van der Waals surface area contributed by atoms with Crippen LogP contribution in [0.1, 0.15) is 20.8 Å². The molecule has 0 radical (unpaired) electrons. The molecule has 1 aliphatic rings. The minimum Gasteiger partial charge on any atom is -0.340 e. The Balaban J connectivity index is 1.71. The zero-order valence-corrected chi connectivity index (χ0v) is 14.6. The molecule has 3 atom stereocenters. The van der Waals surface area contributed by atoms with Gasteiger partial charge >= 0.3 is 0 Å². The van der Waals surface area contributed by atoms with Gasteiger partial charge in [0.05, 0.1) is 24.2 Å². The fourth-order valence-electron chi connectivity index (χ4n) is 3.24. The standard InChI is InChI=1S/C17H23N3O2S/c1-12(9-20-16-7-5-4-6-15(16)8-18-20)17(21)19-10-13(2)23(22)14(3)11-19/h4-8,12-14H,9-11H2,1-3H3/t12-,13+,14+/m1/s1. The minimum absolute atomic E-state index is 0.0421. The van der Waals surface area contributed by atoms with Gasteiger partial charge in [0, 0.05) is 39.8 Å². The highest BCUT2D eigenvalue weighted by molar-refractivity contribution is 7.86. The van der Waals surface area contributed by atoms with Crippen LogP contribution in [-0.4, -0.2) is 48.4 Å². The van der Waals surface area contributed by atoms with Crippen molar-refractivity contribution in [2.75, 3.05) is 13.1 Å². The summed E-state index contributed by atoms with van der Waals surface area (Å²) < 4.78 is 13.9. The molecule has 0 saturated carbocycles. The van der Waals surface area contributed by atoms with E-state index in [2.05, 4.69) is 5.10 Å². The molecule has 1 aliphatic heterocycles. The summed E-state index contributed by atoms with van der Waals surface area (Å²) in [6, 6.07) is 8.01. The molecule has 5 nitrogen and oxygen atoms in total. The van der Waals surface area contributed by atoms with Crippen molar-refractivity contribution in [3.63, 3.8) is 0 Å². The summed E-state index contributed by atoms with van der Waals surface area (Å²) in [6.07, 6.45) is 1.83. The third kappa shape index (κ3) is 3.17. The van der Waals surface area contributed by atoms with Crippen LogP contribution in [0.2, 0.25) is 0 Å². The number of nitrogens with zero attached hydrogens (tertiary/aromatic N) is 3. The molecule has 3 rings (SSSR count). The number of carbonyl (C=O) groups is 1. The molecule has 1 fully saturated rings. The maximum Gasteiger partial charge on any atom is 0.227 e. The molecule has 0 spiro atoms. The Morgan fingerprint density at radius 3 is 2.65 bits per heavy atom. The van der Waals surface area contributed by atoms with Gasteiger partial charge in [-0.15, -0.1) is 0 Å². The van der Waals surface area contributed by atoms with E-state index in [9.17, 15) is 9.00 Å². The number of hydrogen-bond donors (Lipinski definition) is 0. The van der Waals surface area contributed by atoms with E-state index in [0.29, 0.717) is 19.6 Å². The van der Waals surface area contributed by atoms with Gasteiger partial charge in [-0.05, 0) is 19.9 Å². The largest absolute Gasteiger partial charge is 0.340 e. The van der Waals surface area contributed by atoms with Gasteiger partial charge in [0.1, 0.15) is 0 Å². The number of para-hydroxylation sites is 1. The van der Waals surface area contributed by atoms with Crippen molar-refractivity contribution in [2.45, 2.75) is 37.8 Å². The lowest BCUT2D eigenvalue weighted by atomic mass is 10.1. The first-order valence-corrected chi connectivity index (χ1v) is 9.33. The molecule has 1 aromatic heterocycles. The highest BCUT2D eigenvalue weighted by Gasteiger charge is 2.33. The maximum atomic E-state index is 12.7. The Kier molecular flexibility index (Phi) is 4.53. The van der Waals surface area contributed by atoms with E-state index in [-0.39, 0.29) is 22.3 Å². The van der Waals surface area contributed by atoms with Crippen LogP contribution in [0.5, 0.6) is 0 Å². The van der Waals surface area contributed by atoms with Crippen LogP contribution >= 0.6 is 0 Å². The Morgan fingerprint density at radius 1 is 1.30 bits per heavy atom. The molecular formula is C17H23N3O2S. The summed E-state index contributed by atoms with van der Waals surface area (Å²) in [5.41, 5.74) is 1.05. The summed E-state index contributed by atoms with van der Waals surface area (Å²) in [5.74, 6) is -0.0239. The van der Waals surface area contributed by atoms with Gasteiger partial charge in [0.25, 0.3) is 0 Å². The van der Waals surface area contributed by atoms with Gasteiger partial charge < -0.3 is 4.90 Å². The second kappa shape index (κ2) is 6.43. The topological polar surface area (TPSA) is 55.2 Å². The molecule has 2 aromatic rings. The zero-order valence-electron chi connectivity index (χ0n) is 13.8. The van der Waals surface area contributed by atoms with Crippen LogP contribution in [0.15, 0.2) is 30.5 Å². The van der Waals surface area contributed by atoms with E-state index < -0.39 is 10.8 Å². The van der Waals surface area contributed by atoms with Crippen molar-refractivity contribution in [3.8, 4) is 0 Å². The molecule has 0 bridgehead atoms. The lowest BCUT2D eigenvalue weighted by Gasteiger charge is -2.35. The van der Waals surface area contributed by atoms with Crippen LogP contribution in [0, 0.1) is 5.92 Å². The number of fused-ring (bicyclic) bond motifs is 1. The van der Waals surface area contributed by atoms with Crippen LogP contribution < -0.4 is 0 Å². The van der Waals surface area contributed by atoms with Crippen molar-refractivity contribution < 1.29 is 9.00 Å². The summed E-state index contributed by atoms with van der Waals surface area (Å²) >= 11 is 0. The van der Waals surface area contributed by atoms with E-state index in [1.165, 1.54) is 0 Å². The number of aromatic nitrogens is 2. The second-order valence-electron chi connectivity index (χ2n) is 6.48. The smallest absolute Gasteiger partial charge is 0.227 e. The van der Waals surface area contributed by atoms with E-state index in [0.717, 1.165) is 10.9 Å². The normalized spacial score (nSPS) is 24.0.